The molecule has 3 unspecified atom stereocenters. The van der Waals surface area contributed by atoms with Crippen molar-refractivity contribution in [3.05, 3.63) is 0 Å². The summed E-state index contributed by atoms with van der Waals surface area (Å²) in [5.74, 6) is 0. The fourth-order valence-electron chi connectivity index (χ4n) is 3.37. The van der Waals surface area contributed by atoms with E-state index in [0.29, 0.717) is 12.6 Å². The summed E-state index contributed by atoms with van der Waals surface area (Å²) in [7, 11) is 2.23. The Balaban J connectivity index is 2.10. The van der Waals surface area contributed by atoms with Crippen molar-refractivity contribution >= 4 is 0 Å². The van der Waals surface area contributed by atoms with Crippen molar-refractivity contribution in [2.24, 2.45) is 5.73 Å². The Morgan fingerprint density at radius 2 is 2.18 bits per heavy atom. The maximum Gasteiger partial charge on any atom is 0.0743 e. The van der Waals surface area contributed by atoms with E-state index in [2.05, 4.69) is 30.7 Å². The van der Waals surface area contributed by atoms with E-state index in [1.54, 1.807) is 0 Å². The van der Waals surface area contributed by atoms with Crippen molar-refractivity contribution in [1.29, 1.82) is 0 Å². The van der Waals surface area contributed by atoms with Crippen LogP contribution in [0.15, 0.2) is 0 Å². The highest BCUT2D eigenvalue weighted by molar-refractivity contribution is 5.02. The molecule has 0 aliphatic carbocycles. The molecule has 100 valence electrons. The molecule has 4 heteroatoms. The highest BCUT2D eigenvalue weighted by Crippen LogP contribution is 2.33. The van der Waals surface area contributed by atoms with Gasteiger partial charge in [-0.1, -0.05) is 6.92 Å². The van der Waals surface area contributed by atoms with Gasteiger partial charge in [-0.25, -0.2) is 0 Å². The van der Waals surface area contributed by atoms with Crippen LogP contribution in [0.2, 0.25) is 0 Å². The number of nitrogens with zero attached hydrogens (tertiary/aromatic N) is 2. The Kier molecular flexibility index (Phi) is 4.08. The van der Waals surface area contributed by atoms with Gasteiger partial charge in [-0.05, 0) is 26.8 Å². The van der Waals surface area contributed by atoms with Gasteiger partial charge in [0.1, 0.15) is 0 Å². The standard InChI is InChI=1S/C13H27N3O/c1-4-12-9-16(7-6-15(12)3)13(10-14)5-8-17-11(13)2/h11-12H,4-10,14H2,1-3H3. The van der Waals surface area contributed by atoms with Crippen LogP contribution in [0.4, 0.5) is 0 Å². The van der Waals surface area contributed by atoms with Crippen molar-refractivity contribution in [2.75, 3.05) is 39.8 Å². The molecule has 2 saturated heterocycles. The summed E-state index contributed by atoms with van der Waals surface area (Å²) in [5.41, 5.74) is 6.17. The van der Waals surface area contributed by atoms with Gasteiger partial charge < -0.3 is 15.4 Å². The van der Waals surface area contributed by atoms with Crippen LogP contribution in [0.25, 0.3) is 0 Å². The third-order valence-electron chi connectivity index (χ3n) is 4.89. The van der Waals surface area contributed by atoms with Gasteiger partial charge in [-0.15, -0.1) is 0 Å². The Hall–Kier alpha value is -0.160. The van der Waals surface area contributed by atoms with Gasteiger partial charge >= 0.3 is 0 Å². The lowest BCUT2D eigenvalue weighted by atomic mass is 9.88. The van der Waals surface area contributed by atoms with Crippen molar-refractivity contribution in [3.8, 4) is 0 Å². The van der Waals surface area contributed by atoms with E-state index in [0.717, 1.165) is 32.7 Å². The summed E-state index contributed by atoms with van der Waals surface area (Å²) in [4.78, 5) is 5.07. The molecule has 2 N–H and O–H groups in total. The first-order chi connectivity index (χ1) is 8.14. The highest BCUT2D eigenvalue weighted by atomic mass is 16.5. The minimum Gasteiger partial charge on any atom is -0.376 e. The van der Waals surface area contributed by atoms with E-state index in [-0.39, 0.29) is 11.6 Å². The third-order valence-corrected chi connectivity index (χ3v) is 4.89. The fourth-order valence-corrected chi connectivity index (χ4v) is 3.37. The summed E-state index contributed by atoms with van der Waals surface area (Å²) in [6, 6.07) is 0.667. The minimum atomic E-state index is 0.0919. The number of piperazine rings is 1. The summed E-state index contributed by atoms with van der Waals surface area (Å²) < 4.78 is 5.77. The van der Waals surface area contributed by atoms with Crippen molar-refractivity contribution in [2.45, 2.75) is 44.4 Å². The van der Waals surface area contributed by atoms with Crippen LogP contribution in [0.1, 0.15) is 26.7 Å². The molecule has 0 aromatic carbocycles. The molecule has 2 fully saturated rings. The number of ether oxygens (including phenoxy) is 1. The fraction of sp³-hybridized carbons (Fsp3) is 1.00. The van der Waals surface area contributed by atoms with Gasteiger partial charge in [0, 0.05) is 38.8 Å². The third kappa shape index (κ3) is 2.24. The van der Waals surface area contributed by atoms with Crippen molar-refractivity contribution in [1.82, 2.24) is 9.80 Å². The quantitative estimate of drug-likeness (QED) is 0.782. The van der Waals surface area contributed by atoms with Gasteiger partial charge in [0.15, 0.2) is 0 Å². The highest BCUT2D eigenvalue weighted by Gasteiger charge is 2.46. The van der Waals surface area contributed by atoms with Crippen LogP contribution in [0.3, 0.4) is 0 Å². The zero-order valence-corrected chi connectivity index (χ0v) is 11.5. The zero-order valence-electron chi connectivity index (χ0n) is 11.5. The molecule has 0 saturated carbocycles. The Morgan fingerprint density at radius 3 is 2.71 bits per heavy atom. The first kappa shape index (κ1) is 13.3. The van der Waals surface area contributed by atoms with Crippen LogP contribution >= 0.6 is 0 Å². The predicted octanol–water partition coefficient (Wildman–Crippen LogP) is 0.519. The largest absolute Gasteiger partial charge is 0.376 e. The average Bonchev–Trinajstić information content (AvgIpc) is 2.72. The van der Waals surface area contributed by atoms with Gasteiger partial charge in [-0.3, -0.25) is 4.90 Å². The van der Waals surface area contributed by atoms with Gasteiger partial charge in [0.25, 0.3) is 0 Å². The summed E-state index contributed by atoms with van der Waals surface area (Å²) in [6.07, 6.45) is 2.57. The zero-order chi connectivity index (χ0) is 12.5. The maximum atomic E-state index is 6.08. The smallest absolute Gasteiger partial charge is 0.0743 e. The first-order valence-electron chi connectivity index (χ1n) is 6.91. The molecular weight excluding hydrogens is 214 g/mol. The molecule has 0 radical (unpaired) electrons. The second-order valence-electron chi connectivity index (χ2n) is 5.56. The molecule has 0 bridgehead atoms. The van der Waals surface area contributed by atoms with E-state index in [1.165, 1.54) is 6.42 Å². The number of nitrogens with two attached hydrogens (primary N) is 1. The number of likely N-dealkylation sites (N-methyl/N-ethyl adjacent to an activating group) is 1. The SMILES string of the molecule is CCC1CN(C2(CN)CCOC2C)CCN1C. The molecule has 2 heterocycles. The van der Waals surface area contributed by atoms with E-state index < -0.39 is 0 Å². The van der Waals surface area contributed by atoms with E-state index >= 15 is 0 Å². The van der Waals surface area contributed by atoms with E-state index in [9.17, 15) is 0 Å². The van der Waals surface area contributed by atoms with E-state index in [1.807, 2.05) is 0 Å². The number of hydrogen-bond acceptors (Lipinski definition) is 4. The summed E-state index contributed by atoms with van der Waals surface area (Å²) in [5, 5.41) is 0. The molecule has 0 aromatic rings. The molecule has 3 atom stereocenters. The first-order valence-corrected chi connectivity index (χ1v) is 6.91. The van der Waals surface area contributed by atoms with Gasteiger partial charge in [-0.2, -0.15) is 0 Å². The van der Waals surface area contributed by atoms with Crippen LogP contribution in [-0.4, -0.2) is 67.3 Å². The normalized spacial score (nSPS) is 40.9. The molecule has 17 heavy (non-hydrogen) atoms. The van der Waals surface area contributed by atoms with Gasteiger partial charge in [0.2, 0.25) is 0 Å². The Morgan fingerprint density at radius 1 is 1.41 bits per heavy atom. The molecule has 2 aliphatic heterocycles. The lowest BCUT2D eigenvalue weighted by Crippen LogP contribution is -2.64. The number of hydrogen-bond donors (Lipinski definition) is 1. The van der Waals surface area contributed by atoms with E-state index in [4.69, 9.17) is 10.5 Å². The predicted molar refractivity (Wildman–Crippen MR) is 70.1 cm³/mol. The van der Waals surface area contributed by atoms with Crippen LogP contribution < -0.4 is 5.73 Å². The van der Waals surface area contributed by atoms with Crippen molar-refractivity contribution < 1.29 is 4.74 Å². The van der Waals surface area contributed by atoms with Crippen LogP contribution in [0.5, 0.6) is 0 Å². The molecular formula is C13H27N3O. The lowest BCUT2D eigenvalue weighted by molar-refractivity contribution is -0.0261. The van der Waals surface area contributed by atoms with Crippen molar-refractivity contribution in [3.63, 3.8) is 0 Å². The Labute approximate surface area is 105 Å². The minimum absolute atomic E-state index is 0.0919. The topological polar surface area (TPSA) is 41.7 Å². The molecule has 0 aromatic heterocycles. The summed E-state index contributed by atoms with van der Waals surface area (Å²) >= 11 is 0. The lowest BCUT2D eigenvalue weighted by Gasteiger charge is -2.49. The molecule has 2 rings (SSSR count). The second kappa shape index (κ2) is 5.22. The van der Waals surface area contributed by atoms with Crippen LogP contribution in [-0.2, 0) is 4.74 Å². The number of rotatable bonds is 3. The molecule has 0 amide bonds. The molecule has 4 nitrogen and oxygen atoms in total. The Bertz CT molecular complexity index is 261. The van der Waals surface area contributed by atoms with Gasteiger partial charge in [0.05, 0.1) is 11.6 Å². The maximum absolute atomic E-state index is 6.08. The molecule has 0 spiro atoms. The summed E-state index contributed by atoms with van der Waals surface area (Å²) in [6.45, 7) is 9.44. The molecule has 2 aliphatic rings. The average molecular weight is 241 g/mol. The monoisotopic (exact) mass is 241 g/mol. The van der Waals surface area contributed by atoms with Crippen LogP contribution in [0, 0.1) is 0 Å². The second-order valence-corrected chi connectivity index (χ2v) is 5.56.